The summed E-state index contributed by atoms with van der Waals surface area (Å²) in [7, 11) is 0. The van der Waals surface area contributed by atoms with Gasteiger partial charge in [-0.3, -0.25) is 0 Å². The average molecular weight is 219 g/mol. The third kappa shape index (κ3) is 2.09. The van der Waals surface area contributed by atoms with Crippen molar-refractivity contribution >= 4 is 5.90 Å². The van der Waals surface area contributed by atoms with Crippen molar-refractivity contribution in [2.24, 2.45) is 4.99 Å². The van der Waals surface area contributed by atoms with Crippen LogP contribution in [0.4, 0.5) is 0 Å². The van der Waals surface area contributed by atoms with Gasteiger partial charge in [0.2, 0.25) is 5.90 Å². The maximum atomic E-state index is 9.10. The predicted molar refractivity (Wildman–Crippen MR) is 63.7 cm³/mol. The third-order valence-corrected chi connectivity index (χ3v) is 2.73. The summed E-state index contributed by atoms with van der Waals surface area (Å²) in [5.74, 6) is 0.706. The van der Waals surface area contributed by atoms with Crippen LogP contribution in [0.2, 0.25) is 0 Å². The largest absolute Gasteiger partial charge is 0.475 e. The van der Waals surface area contributed by atoms with E-state index in [-0.39, 0.29) is 12.1 Å². The molecule has 1 aromatic carbocycles. The van der Waals surface area contributed by atoms with Gasteiger partial charge in [0.05, 0.1) is 12.1 Å². The van der Waals surface area contributed by atoms with Crippen molar-refractivity contribution in [3.8, 4) is 0 Å². The molecule has 0 saturated heterocycles. The lowest BCUT2D eigenvalue weighted by Gasteiger charge is -2.07. The van der Waals surface area contributed by atoms with Gasteiger partial charge in [-0.05, 0) is 44.0 Å². The van der Waals surface area contributed by atoms with Gasteiger partial charge in [0.25, 0.3) is 0 Å². The van der Waals surface area contributed by atoms with Gasteiger partial charge in [0.1, 0.15) is 6.61 Å². The molecule has 0 amide bonds. The number of nitrogens with zero attached hydrogens (tertiary/aromatic N) is 1. The van der Waals surface area contributed by atoms with Gasteiger partial charge in [-0.15, -0.1) is 0 Å². The van der Waals surface area contributed by atoms with Crippen LogP contribution in [0.3, 0.4) is 0 Å². The smallest absolute Gasteiger partial charge is 0.216 e. The van der Waals surface area contributed by atoms with Gasteiger partial charge < -0.3 is 9.84 Å². The average Bonchev–Trinajstić information content (AvgIpc) is 2.59. The van der Waals surface area contributed by atoms with Crippen LogP contribution in [0.1, 0.15) is 30.5 Å². The Labute approximate surface area is 95.8 Å². The molecule has 1 N–H and O–H groups in total. The lowest BCUT2D eigenvalue weighted by Crippen LogP contribution is -2.17. The Kier molecular flexibility index (Phi) is 2.72. The molecule has 1 aliphatic heterocycles. The first-order valence-corrected chi connectivity index (χ1v) is 5.45. The molecule has 1 aromatic rings. The molecule has 86 valence electrons. The van der Waals surface area contributed by atoms with Crippen molar-refractivity contribution in [3.05, 3.63) is 34.9 Å². The summed E-state index contributed by atoms with van der Waals surface area (Å²) in [6, 6.07) is 5.87. The van der Waals surface area contributed by atoms with Crippen molar-refractivity contribution in [2.45, 2.75) is 32.9 Å². The van der Waals surface area contributed by atoms with Gasteiger partial charge in [0.15, 0.2) is 0 Å². The van der Waals surface area contributed by atoms with Crippen LogP contribution >= 0.6 is 0 Å². The fraction of sp³-hybridized carbons (Fsp3) is 0.462. The van der Waals surface area contributed by atoms with Gasteiger partial charge >= 0.3 is 0 Å². The minimum Gasteiger partial charge on any atom is -0.475 e. The topological polar surface area (TPSA) is 41.8 Å². The van der Waals surface area contributed by atoms with E-state index in [9.17, 15) is 0 Å². The number of aliphatic hydroxyl groups excluding tert-OH is 1. The first-order valence-electron chi connectivity index (χ1n) is 5.45. The van der Waals surface area contributed by atoms with Crippen molar-refractivity contribution in [1.29, 1.82) is 0 Å². The van der Waals surface area contributed by atoms with E-state index >= 15 is 0 Å². The number of rotatable bonds is 2. The molecule has 3 nitrogen and oxygen atoms in total. The van der Waals surface area contributed by atoms with E-state index in [4.69, 9.17) is 9.84 Å². The van der Waals surface area contributed by atoms with Crippen molar-refractivity contribution in [1.82, 2.24) is 0 Å². The van der Waals surface area contributed by atoms with E-state index in [0.29, 0.717) is 12.5 Å². The van der Waals surface area contributed by atoms with E-state index in [1.54, 1.807) is 0 Å². The molecule has 0 aromatic heterocycles. The number of aliphatic hydroxyl groups is 1. The van der Waals surface area contributed by atoms with E-state index < -0.39 is 0 Å². The van der Waals surface area contributed by atoms with E-state index in [1.165, 1.54) is 0 Å². The molecule has 0 bridgehead atoms. The first-order chi connectivity index (χ1) is 7.52. The molecule has 0 fully saturated rings. The molecular weight excluding hydrogens is 202 g/mol. The van der Waals surface area contributed by atoms with Crippen molar-refractivity contribution < 1.29 is 9.84 Å². The number of hydrogen-bond acceptors (Lipinski definition) is 3. The quantitative estimate of drug-likeness (QED) is 0.827. The zero-order valence-corrected chi connectivity index (χ0v) is 9.95. The summed E-state index contributed by atoms with van der Waals surface area (Å²) in [4.78, 5) is 4.52. The Morgan fingerprint density at radius 1 is 1.44 bits per heavy atom. The number of aryl methyl sites for hydroxylation is 1. The van der Waals surface area contributed by atoms with Crippen LogP contribution in [-0.2, 0) is 11.3 Å². The molecule has 1 aliphatic rings. The highest BCUT2D eigenvalue weighted by atomic mass is 16.5. The molecular formula is C13H17NO2. The molecule has 0 atom stereocenters. The minimum absolute atomic E-state index is 0.0743. The number of aliphatic imine (C=N–C) groups is 1. The van der Waals surface area contributed by atoms with Crippen molar-refractivity contribution in [3.63, 3.8) is 0 Å². The van der Waals surface area contributed by atoms with Crippen LogP contribution in [-0.4, -0.2) is 23.2 Å². The third-order valence-electron chi connectivity index (χ3n) is 2.73. The molecule has 0 unspecified atom stereocenters. The lowest BCUT2D eigenvalue weighted by molar-refractivity contribution is 0.279. The molecule has 3 heteroatoms. The van der Waals surface area contributed by atoms with Gasteiger partial charge in [-0.1, -0.05) is 6.07 Å². The van der Waals surface area contributed by atoms with Gasteiger partial charge in [0, 0.05) is 5.56 Å². The normalized spacial score (nSPS) is 18.1. The Morgan fingerprint density at radius 2 is 2.19 bits per heavy atom. The number of benzene rings is 1. The van der Waals surface area contributed by atoms with Crippen LogP contribution in [0, 0.1) is 6.92 Å². The Bertz CT molecular complexity index is 436. The maximum absolute atomic E-state index is 9.10. The SMILES string of the molecule is Cc1cc(C2=NC(C)(C)CO2)ccc1CO. The maximum Gasteiger partial charge on any atom is 0.216 e. The highest BCUT2D eigenvalue weighted by Crippen LogP contribution is 2.21. The second-order valence-corrected chi connectivity index (χ2v) is 4.82. The van der Waals surface area contributed by atoms with Gasteiger partial charge in [-0.2, -0.15) is 0 Å². The van der Waals surface area contributed by atoms with Crippen LogP contribution in [0.5, 0.6) is 0 Å². The second kappa shape index (κ2) is 3.91. The van der Waals surface area contributed by atoms with Crippen LogP contribution in [0.25, 0.3) is 0 Å². The Morgan fingerprint density at radius 3 is 2.69 bits per heavy atom. The van der Waals surface area contributed by atoms with E-state index in [1.807, 2.05) is 25.1 Å². The summed E-state index contributed by atoms with van der Waals surface area (Å²) in [6.07, 6.45) is 0. The standard InChI is InChI=1S/C13H17NO2/c1-9-6-10(4-5-11(9)7-15)12-14-13(2,3)8-16-12/h4-6,15H,7-8H2,1-3H3. The number of hydrogen-bond donors (Lipinski definition) is 1. The first kappa shape index (κ1) is 11.1. The lowest BCUT2D eigenvalue weighted by atomic mass is 10.1. The predicted octanol–water partition coefficient (Wildman–Crippen LogP) is 2.04. The zero-order valence-electron chi connectivity index (χ0n) is 9.95. The fourth-order valence-corrected chi connectivity index (χ4v) is 1.74. The minimum atomic E-state index is -0.126. The fourth-order valence-electron chi connectivity index (χ4n) is 1.74. The van der Waals surface area contributed by atoms with E-state index in [0.717, 1.165) is 16.7 Å². The van der Waals surface area contributed by atoms with Crippen molar-refractivity contribution in [2.75, 3.05) is 6.61 Å². The van der Waals surface area contributed by atoms with Gasteiger partial charge in [-0.25, -0.2) is 4.99 Å². The van der Waals surface area contributed by atoms with E-state index in [2.05, 4.69) is 18.8 Å². The van der Waals surface area contributed by atoms with Crippen LogP contribution < -0.4 is 0 Å². The summed E-state index contributed by atoms with van der Waals surface area (Å²) < 4.78 is 5.57. The molecule has 0 spiro atoms. The summed E-state index contributed by atoms with van der Waals surface area (Å²) in [5.41, 5.74) is 2.87. The Balaban J connectivity index is 2.33. The molecule has 1 heterocycles. The molecule has 0 aliphatic carbocycles. The molecule has 2 rings (SSSR count). The highest BCUT2D eigenvalue weighted by Gasteiger charge is 2.26. The summed E-state index contributed by atoms with van der Waals surface area (Å²) >= 11 is 0. The Hall–Kier alpha value is -1.35. The molecule has 0 radical (unpaired) electrons. The summed E-state index contributed by atoms with van der Waals surface area (Å²) in [5, 5.41) is 9.10. The molecule has 0 saturated carbocycles. The number of ether oxygens (including phenoxy) is 1. The summed E-state index contributed by atoms with van der Waals surface area (Å²) in [6.45, 7) is 6.79. The monoisotopic (exact) mass is 219 g/mol. The highest BCUT2D eigenvalue weighted by molar-refractivity contribution is 5.95. The van der Waals surface area contributed by atoms with Crippen LogP contribution in [0.15, 0.2) is 23.2 Å². The second-order valence-electron chi connectivity index (χ2n) is 4.82. The molecule has 16 heavy (non-hydrogen) atoms. The zero-order chi connectivity index (χ0) is 11.8.